The zero-order valence-corrected chi connectivity index (χ0v) is 11.8. The normalized spacial score (nSPS) is 14.4. The van der Waals surface area contributed by atoms with E-state index < -0.39 is 0 Å². The summed E-state index contributed by atoms with van der Waals surface area (Å²) in [6, 6.07) is 12.1. The average molecular weight is 287 g/mol. The Morgan fingerprint density at radius 3 is 2.75 bits per heavy atom. The summed E-state index contributed by atoms with van der Waals surface area (Å²) in [4.78, 5) is 2.38. The predicted octanol–water partition coefficient (Wildman–Crippen LogP) is 3.97. The topological polar surface area (TPSA) is 40.2 Å². The molecule has 102 valence electrons. The van der Waals surface area contributed by atoms with Crippen molar-refractivity contribution in [2.24, 2.45) is 0 Å². The van der Waals surface area contributed by atoms with Crippen LogP contribution in [0.3, 0.4) is 0 Å². The Hall–Kier alpha value is -1.76. The van der Waals surface area contributed by atoms with Gasteiger partial charge in [-0.1, -0.05) is 17.7 Å². The first-order chi connectivity index (χ1) is 9.76. The van der Waals surface area contributed by atoms with Gasteiger partial charge in [-0.2, -0.15) is 5.26 Å². The van der Waals surface area contributed by atoms with Crippen LogP contribution in [-0.2, 0) is 13.1 Å². The zero-order chi connectivity index (χ0) is 13.9. The van der Waals surface area contributed by atoms with E-state index in [9.17, 15) is 0 Å². The molecule has 0 unspecified atom stereocenters. The van der Waals surface area contributed by atoms with Crippen molar-refractivity contribution in [1.29, 1.82) is 5.26 Å². The third kappa shape index (κ3) is 3.04. The zero-order valence-electron chi connectivity index (χ0n) is 11.1. The standard InChI is InChI=1S/C16H15ClN2O/c17-16-8-12(9-18)3-4-13(16)10-19(14-5-6-14)11-15-2-1-7-20-15/h1-4,7-8,14H,5-6,10-11H2. The number of hydrogen-bond donors (Lipinski definition) is 0. The fourth-order valence-electron chi connectivity index (χ4n) is 2.32. The van der Waals surface area contributed by atoms with Gasteiger partial charge in [0.15, 0.2) is 0 Å². The molecule has 1 fully saturated rings. The van der Waals surface area contributed by atoms with Gasteiger partial charge >= 0.3 is 0 Å². The van der Waals surface area contributed by atoms with Gasteiger partial charge in [-0.25, -0.2) is 0 Å². The molecule has 0 atom stereocenters. The number of hydrogen-bond acceptors (Lipinski definition) is 3. The van der Waals surface area contributed by atoms with Crippen molar-refractivity contribution in [2.45, 2.75) is 32.0 Å². The Kier molecular flexibility index (Phi) is 3.77. The molecule has 0 saturated heterocycles. The van der Waals surface area contributed by atoms with E-state index in [0.29, 0.717) is 16.6 Å². The highest BCUT2D eigenvalue weighted by Gasteiger charge is 2.29. The predicted molar refractivity (Wildman–Crippen MR) is 77.1 cm³/mol. The Bertz CT molecular complexity index is 626. The summed E-state index contributed by atoms with van der Waals surface area (Å²) in [6.45, 7) is 1.59. The summed E-state index contributed by atoms with van der Waals surface area (Å²) in [5, 5.41) is 9.53. The lowest BCUT2D eigenvalue weighted by Crippen LogP contribution is -2.25. The van der Waals surface area contributed by atoms with Crippen LogP contribution < -0.4 is 0 Å². The number of benzene rings is 1. The lowest BCUT2D eigenvalue weighted by atomic mass is 10.1. The number of rotatable bonds is 5. The SMILES string of the molecule is N#Cc1ccc(CN(Cc2ccco2)C2CC2)c(Cl)c1. The number of halogens is 1. The molecule has 1 aromatic carbocycles. The fourth-order valence-corrected chi connectivity index (χ4v) is 2.56. The lowest BCUT2D eigenvalue weighted by Gasteiger charge is -2.21. The maximum atomic E-state index is 8.87. The van der Waals surface area contributed by atoms with E-state index in [0.717, 1.165) is 24.4 Å². The van der Waals surface area contributed by atoms with Crippen molar-refractivity contribution in [3.05, 3.63) is 58.5 Å². The number of furan rings is 1. The lowest BCUT2D eigenvalue weighted by molar-refractivity contribution is 0.225. The molecule has 0 aliphatic heterocycles. The van der Waals surface area contributed by atoms with E-state index in [4.69, 9.17) is 21.3 Å². The van der Waals surface area contributed by atoms with Crippen LogP contribution in [0.2, 0.25) is 5.02 Å². The second kappa shape index (κ2) is 5.70. The molecule has 0 N–H and O–H groups in total. The van der Waals surface area contributed by atoms with Crippen molar-refractivity contribution in [2.75, 3.05) is 0 Å². The summed E-state index contributed by atoms with van der Waals surface area (Å²) in [6.07, 6.45) is 4.16. The molecule has 1 aliphatic carbocycles. The molecule has 20 heavy (non-hydrogen) atoms. The molecule has 1 aromatic heterocycles. The summed E-state index contributed by atoms with van der Waals surface area (Å²) >= 11 is 6.26. The minimum absolute atomic E-state index is 0.600. The molecule has 0 spiro atoms. The Morgan fingerprint density at radius 2 is 2.15 bits per heavy atom. The molecule has 0 amide bonds. The highest BCUT2D eigenvalue weighted by Crippen LogP contribution is 2.31. The van der Waals surface area contributed by atoms with Crippen molar-refractivity contribution < 1.29 is 4.42 Å². The minimum atomic E-state index is 0.600. The molecule has 2 aromatic rings. The van der Waals surface area contributed by atoms with Crippen molar-refractivity contribution in [3.8, 4) is 6.07 Å². The van der Waals surface area contributed by atoms with E-state index in [2.05, 4.69) is 11.0 Å². The summed E-state index contributed by atoms with van der Waals surface area (Å²) in [7, 11) is 0. The van der Waals surface area contributed by atoms with Crippen LogP contribution >= 0.6 is 11.6 Å². The van der Waals surface area contributed by atoms with Crippen molar-refractivity contribution in [1.82, 2.24) is 4.90 Å². The van der Waals surface area contributed by atoms with Crippen LogP contribution in [0, 0.1) is 11.3 Å². The summed E-state index contributed by atoms with van der Waals surface area (Å²) < 4.78 is 5.43. The first-order valence-corrected chi connectivity index (χ1v) is 7.09. The van der Waals surface area contributed by atoms with Gasteiger partial charge in [0.1, 0.15) is 5.76 Å². The van der Waals surface area contributed by atoms with Crippen LogP contribution in [0.15, 0.2) is 41.0 Å². The third-order valence-electron chi connectivity index (χ3n) is 3.56. The second-order valence-corrected chi connectivity index (χ2v) is 5.54. The van der Waals surface area contributed by atoms with Crippen molar-refractivity contribution >= 4 is 11.6 Å². The van der Waals surface area contributed by atoms with E-state index in [-0.39, 0.29) is 0 Å². The quantitative estimate of drug-likeness (QED) is 0.835. The van der Waals surface area contributed by atoms with Gasteiger partial charge in [0.2, 0.25) is 0 Å². The molecule has 1 aliphatic rings. The maximum absolute atomic E-state index is 8.87. The maximum Gasteiger partial charge on any atom is 0.117 e. The van der Waals surface area contributed by atoms with Gasteiger partial charge in [-0.15, -0.1) is 0 Å². The largest absolute Gasteiger partial charge is 0.468 e. The van der Waals surface area contributed by atoms with Gasteiger partial charge in [-0.3, -0.25) is 4.90 Å². The first-order valence-electron chi connectivity index (χ1n) is 6.71. The smallest absolute Gasteiger partial charge is 0.117 e. The molecule has 0 bridgehead atoms. The fraction of sp³-hybridized carbons (Fsp3) is 0.312. The van der Waals surface area contributed by atoms with Gasteiger partial charge < -0.3 is 4.42 Å². The van der Waals surface area contributed by atoms with E-state index in [1.165, 1.54) is 12.8 Å². The molecule has 3 nitrogen and oxygen atoms in total. The van der Waals surface area contributed by atoms with Crippen molar-refractivity contribution in [3.63, 3.8) is 0 Å². The Morgan fingerprint density at radius 1 is 1.30 bits per heavy atom. The van der Waals surface area contributed by atoms with Crippen LogP contribution in [0.1, 0.15) is 29.7 Å². The molecule has 3 rings (SSSR count). The van der Waals surface area contributed by atoms with E-state index >= 15 is 0 Å². The molecule has 1 heterocycles. The van der Waals surface area contributed by atoms with Gasteiger partial charge in [0.05, 0.1) is 24.4 Å². The van der Waals surface area contributed by atoms with Crippen LogP contribution in [-0.4, -0.2) is 10.9 Å². The molecular formula is C16H15ClN2O. The Balaban J connectivity index is 1.75. The first kappa shape index (κ1) is 13.2. The molecule has 4 heteroatoms. The second-order valence-electron chi connectivity index (χ2n) is 5.13. The minimum Gasteiger partial charge on any atom is -0.468 e. The van der Waals surface area contributed by atoms with E-state index in [1.54, 1.807) is 12.3 Å². The van der Waals surface area contributed by atoms with Gasteiger partial charge in [0.25, 0.3) is 0 Å². The van der Waals surface area contributed by atoms with Crippen LogP contribution in [0.4, 0.5) is 0 Å². The highest BCUT2D eigenvalue weighted by atomic mass is 35.5. The molecule has 1 saturated carbocycles. The number of nitriles is 1. The average Bonchev–Trinajstić information content (AvgIpc) is 3.18. The third-order valence-corrected chi connectivity index (χ3v) is 3.91. The summed E-state index contributed by atoms with van der Waals surface area (Å²) in [5.41, 5.74) is 1.66. The monoisotopic (exact) mass is 286 g/mol. The summed E-state index contributed by atoms with van der Waals surface area (Å²) in [5.74, 6) is 0.974. The molecular weight excluding hydrogens is 272 g/mol. The van der Waals surface area contributed by atoms with Crippen LogP contribution in [0.5, 0.6) is 0 Å². The van der Waals surface area contributed by atoms with E-state index in [1.807, 2.05) is 24.3 Å². The Labute approximate surface area is 123 Å². The van der Waals surface area contributed by atoms with Crippen LogP contribution in [0.25, 0.3) is 0 Å². The molecule has 0 radical (unpaired) electrons. The highest BCUT2D eigenvalue weighted by molar-refractivity contribution is 6.31. The van der Waals surface area contributed by atoms with Gasteiger partial charge in [-0.05, 0) is 42.7 Å². The van der Waals surface area contributed by atoms with Gasteiger partial charge in [0, 0.05) is 17.6 Å². The number of nitrogens with zero attached hydrogens (tertiary/aromatic N) is 2.